The molecule has 2 N–H and O–H groups in total. The molecule has 102 valence electrons. The zero-order chi connectivity index (χ0) is 12.9. The second-order valence-electron chi connectivity index (χ2n) is 5.34. The van der Waals surface area contributed by atoms with Crippen molar-refractivity contribution in [3.63, 3.8) is 0 Å². The lowest BCUT2D eigenvalue weighted by atomic mass is 10.0. The Bertz CT molecular complexity index is 421. The highest BCUT2D eigenvalue weighted by atomic mass is 15.2. The Morgan fingerprint density at radius 3 is 2.68 bits per heavy atom. The van der Waals surface area contributed by atoms with Crippen LogP contribution < -0.4 is 10.6 Å². The number of hydrogen-bond donors (Lipinski definition) is 2. The topological polar surface area (TPSA) is 39.7 Å². The third kappa shape index (κ3) is 3.47. The van der Waals surface area contributed by atoms with Gasteiger partial charge in [0.2, 0.25) is 0 Å². The Morgan fingerprint density at radius 1 is 1.21 bits per heavy atom. The van der Waals surface area contributed by atoms with Gasteiger partial charge in [-0.2, -0.15) is 0 Å². The van der Waals surface area contributed by atoms with Gasteiger partial charge in [-0.25, -0.2) is 0 Å². The third-order valence-corrected chi connectivity index (χ3v) is 3.85. The maximum Gasteiger partial charge on any atom is 0.191 e. The van der Waals surface area contributed by atoms with Crippen molar-refractivity contribution >= 4 is 5.96 Å². The molecule has 0 saturated carbocycles. The van der Waals surface area contributed by atoms with E-state index in [4.69, 9.17) is 0 Å². The van der Waals surface area contributed by atoms with Gasteiger partial charge < -0.3 is 10.6 Å². The van der Waals surface area contributed by atoms with E-state index >= 15 is 0 Å². The molecular formula is C15H22N4. The summed E-state index contributed by atoms with van der Waals surface area (Å²) in [5, 5.41) is 6.79. The molecule has 1 fully saturated rings. The number of rotatable bonds is 3. The summed E-state index contributed by atoms with van der Waals surface area (Å²) in [7, 11) is 0. The molecule has 0 amide bonds. The van der Waals surface area contributed by atoms with E-state index in [-0.39, 0.29) is 0 Å². The van der Waals surface area contributed by atoms with Crippen LogP contribution in [0, 0.1) is 0 Å². The second kappa shape index (κ2) is 6.06. The lowest BCUT2D eigenvalue weighted by molar-refractivity contribution is 0.198. The summed E-state index contributed by atoms with van der Waals surface area (Å²) in [4.78, 5) is 6.94. The van der Waals surface area contributed by atoms with Crippen LogP contribution in [-0.4, -0.2) is 43.1 Å². The third-order valence-electron chi connectivity index (χ3n) is 3.85. The molecule has 0 unspecified atom stereocenters. The van der Waals surface area contributed by atoms with Crippen LogP contribution in [0.1, 0.15) is 18.4 Å². The van der Waals surface area contributed by atoms with Gasteiger partial charge in [-0.15, -0.1) is 0 Å². The minimum atomic E-state index is 0.580. The molecule has 4 heteroatoms. The normalized spacial score (nSPS) is 20.9. The summed E-state index contributed by atoms with van der Waals surface area (Å²) in [6.45, 7) is 5.30. The van der Waals surface area contributed by atoms with Crippen LogP contribution >= 0.6 is 0 Å². The first-order valence-corrected chi connectivity index (χ1v) is 7.21. The molecule has 0 radical (unpaired) electrons. The standard InChI is InChI=1S/C15H22N4/c1-2-4-13(5-3-1)12-19-10-6-14(7-11-19)18-15-16-8-9-17-15/h1-5,14H,6-12H2,(H2,16,17,18). The molecule has 0 aromatic heterocycles. The molecule has 1 aromatic rings. The molecule has 0 atom stereocenters. The summed E-state index contributed by atoms with van der Waals surface area (Å²) < 4.78 is 0. The Hall–Kier alpha value is -1.55. The van der Waals surface area contributed by atoms with Crippen molar-refractivity contribution in [1.29, 1.82) is 0 Å². The largest absolute Gasteiger partial charge is 0.355 e. The molecule has 1 aromatic carbocycles. The van der Waals surface area contributed by atoms with Gasteiger partial charge in [0.1, 0.15) is 0 Å². The lowest BCUT2D eigenvalue weighted by Gasteiger charge is -2.32. The second-order valence-corrected chi connectivity index (χ2v) is 5.34. The molecule has 2 aliphatic heterocycles. The summed E-state index contributed by atoms with van der Waals surface area (Å²) in [6.07, 6.45) is 2.40. The average Bonchev–Trinajstić information content (AvgIpc) is 2.95. The van der Waals surface area contributed by atoms with Crippen molar-refractivity contribution < 1.29 is 0 Å². The predicted octanol–water partition coefficient (Wildman–Crippen LogP) is 1.20. The van der Waals surface area contributed by atoms with Gasteiger partial charge in [-0.05, 0) is 18.4 Å². The van der Waals surface area contributed by atoms with Crippen LogP contribution in [0.4, 0.5) is 0 Å². The van der Waals surface area contributed by atoms with Gasteiger partial charge >= 0.3 is 0 Å². The zero-order valence-electron chi connectivity index (χ0n) is 11.3. The minimum absolute atomic E-state index is 0.580. The van der Waals surface area contributed by atoms with E-state index in [1.807, 2.05) is 0 Å². The van der Waals surface area contributed by atoms with E-state index in [2.05, 4.69) is 50.9 Å². The molecule has 2 aliphatic rings. The van der Waals surface area contributed by atoms with Gasteiger partial charge in [-0.3, -0.25) is 9.89 Å². The van der Waals surface area contributed by atoms with Crippen LogP contribution in [0.25, 0.3) is 0 Å². The van der Waals surface area contributed by atoms with Gasteiger partial charge in [0.25, 0.3) is 0 Å². The van der Waals surface area contributed by atoms with E-state index < -0.39 is 0 Å². The van der Waals surface area contributed by atoms with Crippen molar-refractivity contribution in [2.24, 2.45) is 4.99 Å². The molecule has 19 heavy (non-hydrogen) atoms. The summed E-state index contributed by atoms with van der Waals surface area (Å²) >= 11 is 0. The predicted molar refractivity (Wildman–Crippen MR) is 78.2 cm³/mol. The molecule has 1 saturated heterocycles. The quantitative estimate of drug-likeness (QED) is 0.856. The Balaban J connectivity index is 1.44. The number of likely N-dealkylation sites (tertiary alicyclic amines) is 1. The number of benzene rings is 1. The van der Waals surface area contributed by atoms with Gasteiger partial charge in [0.05, 0.1) is 6.54 Å². The number of hydrogen-bond acceptors (Lipinski definition) is 4. The number of nitrogens with zero attached hydrogens (tertiary/aromatic N) is 2. The van der Waals surface area contributed by atoms with E-state index in [1.165, 1.54) is 31.5 Å². The molecule has 0 spiro atoms. The highest BCUT2D eigenvalue weighted by Crippen LogP contribution is 2.13. The van der Waals surface area contributed by atoms with Crippen LogP contribution in [0.3, 0.4) is 0 Å². The molecule has 0 aliphatic carbocycles. The maximum absolute atomic E-state index is 4.40. The number of guanidine groups is 1. The fourth-order valence-corrected chi connectivity index (χ4v) is 2.76. The average molecular weight is 258 g/mol. The van der Waals surface area contributed by atoms with E-state index in [1.54, 1.807) is 0 Å². The molecule has 4 nitrogen and oxygen atoms in total. The lowest BCUT2D eigenvalue weighted by Crippen LogP contribution is -2.47. The molecule has 3 rings (SSSR count). The first kappa shape index (κ1) is 12.5. The zero-order valence-corrected chi connectivity index (χ0v) is 11.3. The molecular weight excluding hydrogens is 236 g/mol. The van der Waals surface area contributed by atoms with E-state index in [0.29, 0.717) is 6.04 Å². The summed E-state index contributed by atoms with van der Waals surface area (Å²) in [5.74, 6) is 1.00. The number of nitrogens with one attached hydrogen (secondary N) is 2. The molecule has 0 bridgehead atoms. The van der Waals surface area contributed by atoms with Crippen molar-refractivity contribution in [3.05, 3.63) is 35.9 Å². The minimum Gasteiger partial charge on any atom is -0.355 e. The fraction of sp³-hybridized carbons (Fsp3) is 0.533. The van der Waals surface area contributed by atoms with Gasteiger partial charge in [-0.1, -0.05) is 30.3 Å². The van der Waals surface area contributed by atoms with E-state index in [9.17, 15) is 0 Å². The van der Waals surface area contributed by atoms with Crippen LogP contribution in [0.5, 0.6) is 0 Å². The van der Waals surface area contributed by atoms with Crippen molar-refractivity contribution in [1.82, 2.24) is 15.5 Å². The first-order valence-electron chi connectivity index (χ1n) is 7.21. The highest BCUT2D eigenvalue weighted by Gasteiger charge is 2.20. The SMILES string of the molecule is c1ccc(CN2CCC(NC3=NCCN3)CC2)cc1. The fourth-order valence-electron chi connectivity index (χ4n) is 2.76. The van der Waals surface area contributed by atoms with Crippen molar-refractivity contribution in [3.8, 4) is 0 Å². The smallest absolute Gasteiger partial charge is 0.191 e. The Morgan fingerprint density at radius 2 is 2.00 bits per heavy atom. The van der Waals surface area contributed by atoms with Crippen molar-refractivity contribution in [2.75, 3.05) is 26.2 Å². The maximum atomic E-state index is 4.40. The Kier molecular flexibility index (Phi) is 3.98. The van der Waals surface area contributed by atoms with Crippen LogP contribution in [0.2, 0.25) is 0 Å². The monoisotopic (exact) mass is 258 g/mol. The van der Waals surface area contributed by atoms with Gasteiger partial charge in [0.15, 0.2) is 5.96 Å². The van der Waals surface area contributed by atoms with Crippen LogP contribution in [-0.2, 0) is 6.54 Å². The summed E-state index contributed by atoms with van der Waals surface area (Å²) in [5.41, 5.74) is 1.41. The Labute approximate surface area is 114 Å². The van der Waals surface area contributed by atoms with Crippen LogP contribution in [0.15, 0.2) is 35.3 Å². The van der Waals surface area contributed by atoms with Gasteiger partial charge in [0, 0.05) is 32.2 Å². The number of piperidine rings is 1. The molecule has 2 heterocycles. The first-order chi connectivity index (χ1) is 9.40. The number of aliphatic imine (C=N–C) groups is 1. The van der Waals surface area contributed by atoms with E-state index in [0.717, 1.165) is 25.6 Å². The summed E-state index contributed by atoms with van der Waals surface area (Å²) in [6, 6.07) is 11.3. The van der Waals surface area contributed by atoms with Crippen molar-refractivity contribution in [2.45, 2.75) is 25.4 Å². The highest BCUT2D eigenvalue weighted by molar-refractivity contribution is 5.81.